The zero-order chi connectivity index (χ0) is 23.7. The van der Waals surface area contributed by atoms with Gasteiger partial charge in [-0.1, -0.05) is 12.1 Å². The summed E-state index contributed by atoms with van der Waals surface area (Å²) in [6, 6.07) is 11.2. The number of fused-ring (bicyclic) bond motifs is 3. The van der Waals surface area contributed by atoms with Gasteiger partial charge in [-0.15, -0.1) is 0 Å². The second kappa shape index (κ2) is 9.46. The number of aromatic nitrogens is 1. The van der Waals surface area contributed by atoms with Crippen LogP contribution in [0.4, 0.5) is 15.8 Å². The number of halogens is 1. The maximum atomic E-state index is 14.5. The molecule has 7 nitrogen and oxygen atoms in total. The molecule has 1 fully saturated rings. The molecule has 2 aliphatic heterocycles. The molecule has 3 aromatic rings. The lowest BCUT2D eigenvalue weighted by Gasteiger charge is -2.36. The molecular formula is C26H30FN5O2. The molecule has 3 heterocycles. The SMILES string of the molecule is CCNC(=O)c1ccc(N2CCN(Cc3ccc4c5c(c(=O)[nH]c4c3)CCCN5)CC2)cc1F. The van der Waals surface area contributed by atoms with Gasteiger partial charge in [-0.05, 0) is 49.6 Å². The molecule has 3 N–H and O–H groups in total. The molecule has 1 saturated heterocycles. The smallest absolute Gasteiger partial charge is 0.254 e. The first-order valence-corrected chi connectivity index (χ1v) is 12.0. The topological polar surface area (TPSA) is 80.5 Å². The number of anilines is 2. The molecule has 0 unspecified atom stereocenters. The van der Waals surface area contributed by atoms with E-state index in [0.717, 1.165) is 85.5 Å². The molecule has 34 heavy (non-hydrogen) atoms. The summed E-state index contributed by atoms with van der Waals surface area (Å²) in [4.78, 5) is 32.0. The first-order valence-electron chi connectivity index (χ1n) is 12.0. The molecule has 0 spiro atoms. The van der Waals surface area contributed by atoms with Crippen LogP contribution in [0.25, 0.3) is 10.9 Å². The van der Waals surface area contributed by atoms with Crippen LogP contribution >= 0.6 is 0 Å². The molecule has 1 amide bonds. The normalized spacial score (nSPS) is 16.2. The minimum absolute atomic E-state index is 0.00545. The average molecular weight is 464 g/mol. The molecule has 0 radical (unpaired) electrons. The van der Waals surface area contributed by atoms with Gasteiger partial charge in [0.2, 0.25) is 0 Å². The number of hydrogen-bond donors (Lipinski definition) is 3. The third-order valence-corrected chi connectivity index (χ3v) is 6.76. The number of piperazine rings is 1. The van der Waals surface area contributed by atoms with Gasteiger partial charge in [-0.25, -0.2) is 4.39 Å². The van der Waals surface area contributed by atoms with Gasteiger partial charge in [0.05, 0.1) is 16.8 Å². The zero-order valence-corrected chi connectivity index (χ0v) is 19.4. The number of carbonyl (C=O) groups excluding carboxylic acids is 1. The maximum absolute atomic E-state index is 14.5. The van der Waals surface area contributed by atoms with E-state index in [4.69, 9.17) is 0 Å². The minimum Gasteiger partial charge on any atom is -0.384 e. The largest absolute Gasteiger partial charge is 0.384 e. The van der Waals surface area contributed by atoms with Crippen molar-refractivity contribution in [2.45, 2.75) is 26.3 Å². The van der Waals surface area contributed by atoms with Crippen molar-refractivity contribution in [3.63, 3.8) is 0 Å². The van der Waals surface area contributed by atoms with Crippen LogP contribution in [0.5, 0.6) is 0 Å². The summed E-state index contributed by atoms with van der Waals surface area (Å²) in [7, 11) is 0. The number of pyridine rings is 1. The van der Waals surface area contributed by atoms with Crippen LogP contribution in [-0.2, 0) is 13.0 Å². The van der Waals surface area contributed by atoms with Crippen molar-refractivity contribution in [2.24, 2.45) is 0 Å². The van der Waals surface area contributed by atoms with Crippen molar-refractivity contribution in [1.29, 1.82) is 0 Å². The van der Waals surface area contributed by atoms with E-state index in [2.05, 4.69) is 43.6 Å². The molecule has 2 aliphatic rings. The highest BCUT2D eigenvalue weighted by atomic mass is 19.1. The van der Waals surface area contributed by atoms with E-state index in [9.17, 15) is 14.0 Å². The summed E-state index contributed by atoms with van der Waals surface area (Å²) in [6.45, 7) is 7.22. The third kappa shape index (κ3) is 4.37. The van der Waals surface area contributed by atoms with Crippen LogP contribution in [-0.4, -0.2) is 55.1 Å². The highest BCUT2D eigenvalue weighted by Crippen LogP contribution is 2.28. The molecular weight excluding hydrogens is 433 g/mol. The summed E-state index contributed by atoms with van der Waals surface area (Å²) in [5, 5.41) is 7.11. The average Bonchev–Trinajstić information content (AvgIpc) is 2.84. The Labute approximate surface area is 198 Å². The summed E-state index contributed by atoms with van der Waals surface area (Å²) in [5.74, 6) is -0.878. The van der Waals surface area contributed by atoms with E-state index in [1.165, 1.54) is 6.07 Å². The third-order valence-electron chi connectivity index (χ3n) is 6.76. The Bertz CT molecular complexity index is 1280. The Morgan fingerprint density at radius 1 is 1.12 bits per heavy atom. The fourth-order valence-electron chi connectivity index (χ4n) is 4.97. The summed E-state index contributed by atoms with van der Waals surface area (Å²) >= 11 is 0. The Morgan fingerprint density at radius 3 is 2.71 bits per heavy atom. The van der Waals surface area contributed by atoms with Gasteiger partial charge in [0.15, 0.2) is 0 Å². The fraction of sp³-hybridized carbons (Fsp3) is 0.385. The summed E-state index contributed by atoms with van der Waals surface area (Å²) in [6.07, 6.45) is 1.80. The molecule has 0 saturated carbocycles. The minimum atomic E-state index is -0.493. The molecule has 2 aromatic carbocycles. The van der Waals surface area contributed by atoms with Gasteiger partial charge in [-0.2, -0.15) is 0 Å². The second-order valence-corrected chi connectivity index (χ2v) is 9.00. The predicted molar refractivity (Wildman–Crippen MR) is 133 cm³/mol. The van der Waals surface area contributed by atoms with Gasteiger partial charge >= 0.3 is 0 Å². The Morgan fingerprint density at radius 2 is 1.94 bits per heavy atom. The van der Waals surface area contributed by atoms with E-state index in [1.807, 2.05) is 13.0 Å². The zero-order valence-electron chi connectivity index (χ0n) is 19.4. The van der Waals surface area contributed by atoms with Crippen LogP contribution < -0.4 is 21.1 Å². The van der Waals surface area contributed by atoms with Crippen LogP contribution in [0.15, 0.2) is 41.2 Å². The van der Waals surface area contributed by atoms with E-state index in [-0.39, 0.29) is 17.0 Å². The lowest BCUT2D eigenvalue weighted by atomic mass is 10.0. The molecule has 0 atom stereocenters. The highest BCUT2D eigenvalue weighted by molar-refractivity contribution is 5.95. The number of nitrogens with zero attached hydrogens (tertiary/aromatic N) is 2. The number of carbonyl (C=O) groups is 1. The van der Waals surface area contributed by atoms with Crippen molar-refractivity contribution in [2.75, 3.05) is 49.5 Å². The number of aromatic amines is 1. The lowest BCUT2D eigenvalue weighted by Crippen LogP contribution is -2.46. The Kier molecular flexibility index (Phi) is 6.24. The van der Waals surface area contributed by atoms with Gasteiger partial charge in [0, 0.05) is 62.5 Å². The van der Waals surface area contributed by atoms with Crippen LogP contribution in [0.1, 0.15) is 34.8 Å². The van der Waals surface area contributed by atoms with E-state index in [0.29, 0.717) is 6.54 Å². The van der Waals surface area contributed by atoms with Gasteiger partial charge in [0.1, 0.15) is 5.82 Å². The first kappa shape index (κ1) is 22.4. The fourth-order valence-corrected chi connectivity index (χ4v) is 4.97. The number of benzene rings is 2. The first-order chi connectivity index (χ1) is 16.5. The van der Waals surface area contributed by atoms with Crippen molar-refractivity contribution >= 4 is 28.2 Å². The van der Waals surface area contributed by atoms with Crippen molar-refractivity contribution < 1.29 is 9.18 Å². The number of H-pyrrole nitrogens is 1. The van der Waals surface area contributed by atoms with Crippen molar-refractivity contribution in [1.82, 2.24) is 15.2 Å². The van der Waals surface area contributed by atoms with Gasteiger partial charge < -0.3 is 20.5 Å². The summed E-state index contributed by atoms with van der Waals surface area (Å²) < 4.78 is 14.5. The van der Waals surface area contributed by atoms with Crippen LogP contribution in [0, 0.1) is 5.82 Å². The monoisotopic (exact) mass is 463 g/mol. The number of hydrogen-bond acceptors (Lipinski definition) is 5. The number of amides is 1. The molecule has 178 valence electrons. The Balaban J connectivity index is 1.25. The van der Waals surface area contributed by atoms with Crippen molar-refractivity contribution in [3.05, 3.63) is 69.3 Å². The standard InChI is InChI=1S/C26H30FN5O2/c1-2-28-25(33)19-8-6-18(15-22(19)27)32-12-10-31(11-13-32)16-17-5-7-20-23(14-17)30-26(34)21-4-3-9-29-24(20)21/h5-8,14-15,29H,2-4,9-13,16H2,1H3,(H,28,33)(H,30,34). The van der Waals surface area contributed by atoms with Gasteiger partial charge in [0.25, 0.3) is 11.5 Å². The van der Waals surface area contributed by atoms with E-state index >= 15 is 0 Å². The molecule has 1 aromatic heterocycles. The summed E-state index contributed by atoms with van der Waals surface area (Å²) in [5.41, 5.74) is 4.75. The number of nitrogens with one attached hydrogen (secondary N) is 3. The van der Waals surface area contributed by atoms with Crippen molar-refractivity contribution in [3.8, 4) is 0 Å². The highest BCUT2D eigenvalue weighted by Gasteiger charge is 2.21. The quantitative estimate of drug-likeness (QED) is 0.542. The molecule has 5 rings (SSSR count). The van der Waals surface area contributed by atoms with Gasteiger partial charge in [-0.3, -0.25) is 14.5 Å². The number of rotatable bonds is 5. The van der Waals surface area contributed by atoms with Crippen LogP contribution in [0.2, 0.25) is 0 Å². The van der Waals surface area contributed by atoms with E-state index < -0.39 is 5.82 Å². The molecule has 8 heteroatoms. The Hall–Kier alpha value is -3.39. The molecule has 0 aliphatic carbocycles. The van der Waals surface area contributed by atoms with E-state index in [1.54, 1.807) is 6.07 Å². The second-order valence-electron chi connectivity index (χ2n) is 9.00. The maximum Gasteiger partial charge on any atom is 0.254 e. The predicted octanol–water partition coefficient (Wildman–Crippen LogP) is 3.10. The lowest BCUT2D eigenvalue weighted by molar-refractivity contribution is 0.0952. The molecule has 0 bridgehead atoms. The van der Waals surface area contributed by atoms with Crippen LogP contribution in [0.3, 0.4) is 0 Å².